The summed E-state index contributed by atoms with van der Waals surface area (Å²) in [6, 6.07) is 13.1. The normalized spacial score (nSPS) is 10.4. The predicted octanol–water partition coefficient (Wildman–Crippen LogP) is 3.02. The minimum absolute atomic E-state index is 0.179. The third kappa shape index (κ3) is 5.74. The molecule has 0 saturated heterocycles. The number of hydrogen-bond donors (Lipinski definition) is 2. The van der Waals surface area contributed by atoms with Crippen LogP contribution in [0.2, 0.25) is 0 Å². The molecule has 0 saturated carbocycles. The predicted molar refractivity (Wildman–Crippen MR) is 107 cm³/mol. The van der Waals surface area contributed by atoms with Gasteiger partial charge in [0.15, 0.2) is 6.61 Å². The summed E-state index contributed by atoms with van der Waals surface area (Å²) in [4.78, 5) is 26.1. The van der Waals surface area contributed by atoms with E-state index in [0.29, 0.717) is 11.3 Å². The minimum Gasteiger partial charge on any atom is -0.483 e. The molecule has 0 aliphatic heterocycles. The van der Waals surface area contributed by atoms with Gasteiger partial charge in [0.2, 0.25) is 0 Å². The Balaban J connectivity index is 1.91. The molecule has 0 heterocycles. The Morgan fingerprint density at radius 2 is 1.81 bits per heavy atom. The second kappa shape index (κ2) is 9.07. The second-order valence-electron chi connectivity index (χ2n) is 6.93. The first kappa shape index (κ1) is 20.3. The van der Waals surface area contributed by atoms with Gasteiger partial charge in [-0.15, -0.1) is 0 Å². The molecule has 0 radical (unpaired) electrons. The fourth-order valence-electron chi connectivity index (χ4n) is 2.55. The van der Waals surface area contributed by atoms with E-state index in [1.54, 1.807) is 18.2 Å². The summed E-state index contributed by atoms with van der Waals surface area (Å²) in [5.74, 6) is 0.159. The molecule has 2 aromatic rings. The first-order valence-corrected chi connectivity index (χ1v) is 8.88. The van der Waals surface area contributed by atoms with E-state index in [0.717, 1.165) is 16.8 Å². The lowest BCUT2D eigenvalue weighted by Crippen LogP contribution is -2.43. The molecule has 0 spiro atoms. The van der Waals surface area contributed by atoms with Crippen molar-refractivity contribution < 1.29 is 14.3 Å². The third-order valence-corrected chi connectivity index (χ3v) is 4.09. The van der Waals surface area contributed by atoms with Gasteiger partial charge >= 0.3 is 0 Å². The number of aryl methyl sites for hydroxylation is 1. The van der Waals surface area contributed by atoms with E-state index >= 15 is 0 Å². The van der Waals surface area contributed by atoms with Crippen LogP contribution in [-0.4, -0.2) is 32.5 Å². The number of amides is 2. The van der Waals surface area contributed by atoms with Gasteiger partial charge in [-0.05, 0) is 48.2 Å². The minimum atomic E-state index is -0.427. The molecular formula is C21H27N3O3. The lowest BCUT2D eigenvalue weighted by Gasteiger charge is -2.15. The van der Waals surface area contributed by atoms with Gasteiger partial charge in [-0.25, -0.2) is 0 Å². The van der Waals surface area contributed by atoms with E-state index in [4.69, 9.17) is 4.74 Å². The van der Waals surface area contributed by atoms with Crippen molar-refractivity contribution in [2.45, 2.75) is 26.7 Å². The van der Waals surface area contributed by atoms with E-state index in [2.05, 4.69) is 24.7 Å². The highest BCUT2D eigenvalue weighted by Gasteiger charge is 2.12. The van der Waals surface area contributed by atoms with Crippen LogP contribution in [0, 0.1) is 6.92 Å². The summed E-state index contributed by atoms with van der Waals surface area (Å²) in [5.41, 5.74) is 8.26. The molecule has 0 bridgehead atoms. The van der Waals surface area contributed by atoms with Crippen LogP contribution in [0.1, 0.15) is 41.3 Å². The number of nitrogens with zero attached hydrogens (tertiary/aromatic N) is 1. The summed E-state index contributed by atoms with van der Waals surface area (Å²) < 4.78 is 5.66. The van der Waals surface area contributed by atoms with Gasteiger partial charge < -0.3 is 9.64 Å². The van der Waals surface area contributed by atoms with E-state index in [9.17, 15) is 9.59 Å². The van der Waals surface area contributed by atoms with Crippen LogP contribution in [0.3, 0.4) is 0 Å². The first-order valence-electron chi connectivity index (χ1n) is 8.88. The molecule has 0 aliphatic carbocycles. The molecule has 2 amide bonds. The van der Waals surface area contributed by atoms with Crippen LogP contribution in [0.5, 0.6) is 5.75 Å². The van der Waals surface area contributed by atoms with Crippen LogP contribution < -0.4 is 20.5 Å². The van der Waals surface area contributed by atoms with E-state index in [-0.39, 0.29) is 18.4 Å². The smallest absolute Gasteiger partial charge is 0.276 e. The fourth-order valence-corrected chi connectivity index (χ4v) is 2.55. The molecule has 2 N–H and O–H groups in total. The Morgan fingerprint density at radius 1 is 1.07 bits per heavy atom. The number of anilines is 1. The number of carbonyl (C=O) groups excluding carboxylic acids is 2. The molecular weight excluding hydrogens is 342 g/mol. The zero-order chi connectivity index (χ0) is 20.0. The molecule has 0 unspecified atom stereocenters. The summed E-state index contributed by atoms with van der Waals surface area (Å²) in [5, 5.41) is 0. The van der Waals surface area contributed by atoms with Crippen molar-refractivity contribution >= 4 is 17.5 Å². The maximum absolute atomic E-state index is 12.2. The highest BCUT2D eigenvalue weighted by atomic mass is 16.5. The standard InChI is InChI=1S/C21H27N3O3/c1-14(2)18-10-9-15(3)11-19(18)27-13-20(25)22-23-21(26)16-7-6-8-17(12-16)24(4)5/h6-12,14H,13H2,1-5H3,(H,22,25)(H,23,26). The average molecular weight is 369 g/mol. The Bertz CT molecular complexity index is 816. The Labute approximate surface area is 160 Å². The Morgan fingerprint density at radius 3 is 2.48 bits per heavy atom. The summed E-state index contributed by atoms with van der Waals surface area (Å²) in [7, 11) is 3.79. The molecule has 0 aromatic heterocycles. The van der Waals surface area contributed by atoms with Gasteiger partial charge in [0.1, 0.15) is 5.75 Å². The van der Waals surface area contributed by atoms with Crippen molar-refractivity contribution in [1.82, 2.24) is 10.9 Å². The van der Waals surface area contributed by atoms with Gasteiger partial charge in [-0.1, -0.05) is 32.0 Å². The average Bonchev–Trinajstić information content (AvgIpc) is 2.64. The van der Waals surface area contributed by atoms with Crippen molar-refractivity contribution in [3.63, 3.8) is 0 Å². The maximum Gasteiger partial charge on any atom is 0.276 e. The number of hydrazine groups is 1. The monoisotopic (exact) mass is 369 g/mol. The summed E-state index contributed by atoms with van der Waals surface area (Å²) >= 11 is 0. The molecule has 6 heteroatoms. The lowest BCUT2D eigenvalue weighted by atomic mass is 10.0. The number of benzene rings is 2. The molecule has 2 aromatic carbocycles. The van der Waals surface area contributed by atoms with Crippen LogP contribution in [0.25, 0.3) is 0 Å². The molecule has 144 valence electrons. The number of hydrogen-bond acceptors (Lipinski definition) is 4. The van der Waals surface area contributed by atoms with Gasteiger partial charge in [0.05, 0.1) is 0 Å². The molecule has 2 rings (SSSR count). The van der Waals surface area contributed by atoms with Gasteiger partial charge in [-0.3, -0.25) is 20.4 Å². The third-order valence-electron chi connectivity index (χ3n) is 4.09. The van der Waals surface area contributed by atoms with Gasteiger partial charge in [0.25, 0.3) is 11.8 Å². The molecule has 27 heavy (non-hydrogen) atoms. The van der Waals surface area contributed by atoms with Crippen molar-refractivity contribution in [2.75, 3.05) is 25.6 Å². The van der Waals surface area contributed by atoms with Gasteiger partial charge in [0, 0.05) is 25.3 Å². The van der Waals surface area contributed by atoms with Crippen LogP contribution in [-0.2, 0) is 4.79 Å². The van der Waals surface area contributed by atoms with E-state index in [1.807, 2.05) is 50.2 Å². The topological polar surface area (TPSA) is 70.7 Å². The number of ether oxygens (including phenoxy) is 1. The highest BCUT2D eigenvalue weighted by molar-refractivity contribution is 5.96. The number of nitrogens with one attached hydrogen (secondary N) is 2. The number of rotatable bonds is 6. The Hall–Kier alpha value is -3.02. The largest absolute Gasteiger partial charge is 0.483 e. The van der Waals surface area contributed by atoms with Crippen LogP contribution in [0.15, 0.2) is 42.5 Å². The van der Waals surface area contributed by atoms with Crippen LogP contribution >= 0.6 is 0 Å². The zero-order valence-corrected chi connectivity index (χ0v) is 16.5. The van der Waals surface area contributed by atoms with Crippen LogP contribution in [0.4, 0.5) is 5.69 Å². The van der Waals surface area contributed by atoms with Crippen molar-refractivity contribution in [3.8, 4) is 5.75 Å². The first-order chi connectivity index (χ1) is 12.8. The van der Waals surface area contributed by atoms with E-state index < -0.39 is 5.91 Å². The van der Waals surface area contributed by atoms with Crippen molar-refractivity contribution in [3.05, 3.63) is 59.2 Å². The molecule has 6 nitrogen and oxygen atoms in total. The Kier molecular flexibility index (Phi) is 6.82. The second-order valence-corrected chi connectivity index (χ2v) is 6.93. The van der Waals surface area contributed by atoms with Crippen molar-refractivity contribution in [2.24, 2.45) is 0 Å². The van der Waals surface area contributed by atoms with Gasteiger partial charge in [-0.2, -0.15) is 0 Å². The van der Waals surface area contributed by atoms with Crippen molar-refractivity contribution in [1.29, 1.82) is 0 Å². The number of carbonyl (C=O) groups is 2. The lowest BCUT2D eigenvalue weighted by molar-refractivity contribution is -0.123. The zero-order valence-electron chi connectivity index (χ0n) is 16.5. The quantitative estimate of drug-likeness (QED) is 0.768. The molecule has 0 aliphatic rings. The molecule has 0 fully saturated rings. The summed E-state index contributed by atoms with van der Waals surface area (Å²) in [6.45, 7) is 5.93. The summed E-state index contributed by atoms with van der Waals surface area (Å²) in [6.07, 6.45) is 0. The fraction of sp³-hybridized carbons (Fsp3) is 0.333. The van der Waals surface area contributed by atoms with E-state index in [1.165, 1.54) is 0 Å². The molecule has 0 atom stereocenters. The SMILES string of the molecule is Cc1ccc(C(C)C)c(OCC(=O)NNC(=O)c2cccc(N(C)C)c2)c1. The highest BCUT2D eigenvalue weighted by Crippen LogP contribution is 2.27. The maximum atomic E-state index is 12.2.